The van der Waals surface area contributed by atoms with Crippen LogP contribution in [-0.2, 0) is 60.7 Å². The molecule has 1 saturated heterocycles. The van der Waals surface area contributed by atoms with Crippen molar-refractivity contribution in [1.29, 1.82) is 21.0 Å². The van der Waals surface area contributed by atoms with Gasteiger partial charge < -0.3 is 41.8 Å². The van der Waals surface area contributed by atoms with Gasteiger partial charge in [0.1, 0.15) is 42.0 Å². The second kappa shape index (κ2) is 29.9. The third kappa shape index (κ3) is 16.7. The minimum absolute atomic E-state index is 0.000113. The highest BCUT2D eigenvalue weighted by molar-refractivity contribution is 8.07. The lowest BCUT2D eigenvalue weighted by atomic mass is 9.80. The van der Waals surface area contributed by atoms with E-state index in [-0.39, 0.29) is 87.0 Å². The first kappa shape index (κ1) is 65.6. The average Bonchev–Trinajstić information content (AvgIpc) is 1.86. The Bertz CT molecular complexity index is 3300. The Balaban J connectivity index is 1.51. The number of benzene rings is 4. The highest BCUT2D eigenvalue weighted by atomic mass is 32.5. The van der Waals surface area contributed by atoms with Gasteiger partial charge in [0.2, 0.25) is 17.7 Å². The van der Waals surface area contributed by atoms with Crippen LogP contribution in [0.15, 0.2) is 116 Å². The number of ether oxygens (including phenoxy) is 5. The van der Waals surface area contributed by atoms with E-state index in [2.05, 4.69) is 39.2 Å². The molecule has 3 heterocycles. The summed E-state index contributed by atoms with van der Waals surface area (Å²) in [4.78, 5) is 28.0. The fourth-order valence-corrected chi connectivity index (χ4v) is 14.9. The summed E-state index contributed by atoms with van der Waals surface area (Å²) in [6.07, 6.45) is -3.97. The Hall–Kier alpha value is -6.98. The van der Waals surface area contributed by atoms with Crippen molar-refractivity contribution in [2.24, 2.45) is 0 Å². The SMILES string of the molecule is COc1ccc(C(OC[C@H]2O[C@@H](n3cnc4c(OCCC#N)nc(NC(=O)Cc5ccccc5)nc43)[C@H](OP(=S)(OC(C)(C)CC#N)OC(C)(C)CC#N)[C@@H]2OP(OCCC#N)N(C(C)C)C(C)C)(c2ccccc2)c2ccc(OC)cc2)cc1. The number of nitriles is 4. The molecule has 21 nitrogen and oxygen atoms in total. The van der Waals surface area contributed by atoms with Crippen LogP contribution in [0.4, 0.5) is 5.95 Å². The smallest absolute Gasteiger partial charge is 0.328 e. The lowest BCUT2D eigenvalue weighted by molar-refractivity contribution is -0.115. The molecule has 1 aliphatic rings. The standard InChI is InChI=1S/C61H72N10O11P2S/c1-42(2)71(43(3)4)83(77-38-18-34-63)79-53-50(40-76-61(45-21-15-12-16-22-45,46-23-27-48(73-9)28-24-46)47-25-29-49(74-10)30-26-47)78-57(54(53)80-84(85,81-59(5,6)31-35-64)82-60(7,8)32-36-65)70-41-66-52-55(70)68-58(69-56(52)75-37-17-33-62)67-51(72)39-44-19-13-11-14-20-44/h11-16,19-30,41-43,50,53-54,57H,17-18,31-32,37-40H2,1-10H3,(H,67,68,69,72)/t50-,53-,54-,57-,83?/m1/s1. The monoisotopic (exact) mass is 1210 g/mol. The number of hydrogen-bond donors (Lipinski definition) is 1. The maximum atomic E-state index is 13.8. The Kier molecular flexibility index (Phi) is 23.1. The number of hydrogen-bond acceptors (Lipinski definition) is 20. The van der Waals surface area contributed by atoms with E-state index in [0.29, 0.717) is 11.5 Å². The number of aromatic nitrogens is 4. The minimum atomic E-state index is -4.23. The van der Waals surface area contributed by atoms with Gasteiger partial charge in [0.25, 0.3) is 8.53 Å². The quantitative estimate of drug-likeness (QED) is 0.0241. The molecule has 7 rings (SSSR count). The first-order chi connectivity index (χ1) is 40.7. The summed E-state index contributed by atoms with van der Waals surface area (Å²) >= 11 is 6.47. The molecule has 0 aliphatic carbocycles. The number of amides is 1. The maximum absolute atomic E-state index is 13.8. The van der Waals surface area contributed by atoms with Gasteiger partial charge >= 0.3 is 6.72 Å². The zero-order valence-electron chi connectivity index (χ0n) is 49.4. The van der Waals surface area contributed by atoms with Gasteiger partial charge in [-0.15, -0.1) is 0 Å². The summed E-state index contributed by atoms with van der Waals surface area (Å²) in [6.45, 7) is 10.2. The predicted molar refractivity (Wildman–Crippen MR) is 322 cm³/mol. The molecule has 0 radical (unpaired) electrons. The second-order valence-corrected chi connectivity index (χ2v) is 25.7. The van der Waals surface area contributed by atoms with Crippen molar-refractivity contribution in [3.8, 4) is 41.7 Å². The molecule has 1 aliphatic heterocycles. The first-order valence-electron chi connectivity index (χ1n) is 27.6. The molecule has 0 spiro atoms. The summed E-state index contributed by atoms with van der Waals surface area (Å²) in [7, 11) is 1.06. The van der Waals surface area contributed by atoms with E-state index < -0.39 is 62.5 Å². The van der Waals surface area contributed by atoms with Crippen LogP contribution >= 0.6 is 15.2 Å². The minimum Gasteiger partial charge on any atom is -0.497 e. The van der Waals surface area contributed by atoms with Gasteiger partial charge in [-0.05, 0) is 114 Å². The van der Waals surface area contributed by atoms with Crippen molar-refractivity contribution < 1.29 is 51.1 Å². The normalized spacial score (nSPS) is 16.8. The van der Waals surface area contributed by atoms with Crippen LogP contribution in [0.5, 0.6) is 17.4 Å². The Morgan fingerprint density at radius 2 is 1.29 bits per heavy atom. The molecular formula is C61H72N10O11P2S. The Morgan fingerprint density at radius 1 is 0.753 bits per heavy atom. The van der Waals surface area contributed by atoms with Crippen LogP contribution in [0.1, 0.15) is 110 Å². The molecule has 1 amide bonds. The van der Waals surface area contributed by atoms with E-state index in [1.807, 2.05) is 137 Å². The highest BCUT2D eigenvalue weighted by Crippen LogP contribution is 2.61. The van der Waals surface area contributed by atoms with E-state index in [4.69, 9.17) is 68.1 Å². The first-order valence-corrected chi connectivity index (χ1v) is 31.3. The summed E-state index contributed by atoms with van der Waals surface area (Å²) in [6, 6.07) is 42.3. The number of carbonyl (C=O) groups is 1. The zero-order valence-corrected chi connectivity index (χ0v) is 52.0. The molecule has 2 aromatic heterocycles. The molecule has 448 valence electrons. The molecule has 4 aromatic carbocycles. The van der Waals surface area contributed by atoms with Crippen LogP contribution in [0.3, 0.4) is 0 Å². The molecule has 24 heteroatoms. The van der Waals surface area contributed by atoms with E-state index in [9.17, 15) is 25.8 Å². The molecule has 85 heavy (non-hydrogen) atoms. The van der Waals surface area contributed by atoms with Crippen molar-refractivity contribution >= 4 is 50.1 Å². The second-order valence-electron chi connectivity index (χ2n) is 21.5. The van der Waals surface area contributed by atoms with Crippen molar-refractivity contribution in [1.82, 2.24) is 24.2 Å². The van der Waals surface area contributed by atoms with Crippen LogP contribution in [0.25, 0.3) is 11.2 Å². The molecule has 5 atom stereocenters. The fraction of sp³-hybridized carbons (Fsp3) is 0.443. The van der Waals surface area contributed by atoms with Gasteiger partial charge in [-0.1, -0.05) is 84.9 Å². The van der Waals surface area contributed by atoms with Gasteiger partial charge in [-0.25, -0.2) is 9.65 Å². The lowest BCUT2D eigenvalue weighted by Crippen LogP contribution is -2.43. The van der Waals surface area contributed by atoms with Crippen molar-refractivity contribution in [2.75, 3.05) is 39.4 Å². The Morgan fingerprint density at radius 3 is 1.82 bits per heavy atom. The number of imidazole rings is 1. The lowest BCUT2D eigenvalue weighted by Gasteiger charge is -2.41. The van der Waals surface area contributed by atoms with Gasteiger partial charge in [0, 0.05) is 12.1 Å². The van der Waals surface area contributed by atoms with E-state index in [1.54, 1.807) is 46.5 Å². The number of anilines is 1. The molecule has 1 fully saturated rings. The summed E-state index contributed by atoms with van der Waals surface area (Å²) in [5.41, 5.74) is -0.787. The number of nitrogens with one attached hydrogen (secondary N) is 1. The molecular weight excluding hydrogens is 1140 g/mol. The van der Waals surface area contributed by atoms with E-state index >= 15 is 0 Å². The van der Waals surface area contributed by atoms with Crippen LogP contribution in [-0.4, -0.2) is 106 Å². The fourth-order valence-electron chi connectivity index (χ4n) is 9.62. The molecule has 0 bridgehead atoms. The van der Waals surface area contributed by atoms with Gasteiger partial charge in [0.05, 0.1) is 101 Å². The van der Waals surface area contributed by atoms with Crippen LogP contribution in [0.2, 0.25) is 0 Å². The van der Waals surface area contributed by atoms with E-state index in [0.717, 1.165) is 22.3 Å². The predicted octanol–water partition coefficient (Wildman–Crippen LogP) is 11.9. The number of nitrogens with zero attached hydrogens (tertiary/aromatic N) is 9. The average molecular weight is 1220 g/mol. The van der Waals surface area contributed by atoms with Gasteiger partial charge in [-0.2, -0.15) is 31.0 Å². The maximum Gasteiger partial charge on any atom is 0.328 e. The van der Waals surface area contributed by atoms with Crippen LogP contribution in [0, 0.1) is 45.3 Å². The number of methoxy groups -OCH3 is 2. The van der Waals surface area contributed by atoms with Gasteiger partial charge in [-0.3, -0.25) is 19.2 Å². The molecule has 1 N–H and O–H groups in total. The van der Waals surface area contributed by atoms with Gasteiger partial charge in [0.15, 0.2) is 17.4 Å². The summed E-state index contributed by atoms with van der Waals surface area (Å²) in [5.74, 6) is 0.606. The number of rotatable bonds is 31. The number of fused-ring (bicyclic) bond motifs is 1. The van der Waals surface area contributed by atoms with Crippen molar-refractivity contribution in [2.45, 2.75) is 141 Å². The summed E-state index contributed by atoms with van der Waals surface area (Å²) < 4.78 is 70.9. The van der Waals surface area contributed by atoms with Crippen LogP contribution < -0.4 is 19.5 Å². The highest BCUT2D eigenvalue weighted by Gasteiger charge is 2.55. The zero-order chi connectivity index (χ0) is 61.4. The largest absolute Gasteiger partial charge is 0.497 e. The third-order valence-electron chi connectivity index (χ3n) is 13.4. The van der Waals surface area contributed by atoms with Crippen molar-refractivity contribution in [3.05, 3.63) is 138 Å². The van der Waals surface area contributed by atoms with Crippen molar-refractivity contribution in [3.63, 3.8) is 0 Å². The Labute approximate surface area is 503 Å². The molecule has 0 saturated carbocycles. The third-order valence-corrected chi connectivity index (χ3v) is 18.1. The molecule has 6 aromatic rings. The van der Waals surface area contributed by atoms with E-state index in [1.165, 1.54) is 6.33 Å². The topological polar surface area (TPSA) is 263 Å². The molecule has 1 unspecified atom stereocenters. The summed E-state index contributed by atoms with van der Waals surface area (Å²) in [5, 5.41) is 42.4. The number of carbonyl (C=O) groups excluding carboxylic acids is 1.